The summed E-state index contributed by atoms with van der Waals surface area (Å²) in [5, 5.41) is 25.7. The van der Waals surface area contributed by atoms with Crippen LogP contribution < -0.4 is 10.6 Å². The van der Waals surface area contributed by atoms with Gasteiger partial charge in [-0.05, 0) is 45.6 Å². The molecule has 1 aliphatic carbocycles. The molecular formula is C24H37N3O6. The maximum Gasteiger partial charge on any atom is 0.408 e. The molecule has 9 nitrogen and oxygen atoms in total. The van der Waals surface area contributed by atoms with Crippen LogP contribution in [0.4, 0.5) is 4.79 Å². The molecule has 0 aliphatic heterocycles. The SMILES string of the molecule is CCCCNC(=O)C(c1ccccc1O)N(C(=O)C(CO)NC(=O)OC(C)(C)C)C1CC1C. The topological polar surface area (TPSA) is 128 Å². The number of aromatic hydroxyl groups is 1. The van der Waals surface area contributed by atoms with Crippen molar-refractivity contribution in [3.05, 3.63) is 29.8 Å². The predicted molar refractivity (Wildman–Crippen MR) is 123 cm³/mol. The van der Waals surface area contributed by atoms with Crippen LogP contribution in [0.15, 0.2) is 24.3 Å². The van der Waals surface area contributed by atoms with Gasteiger partial charge in [-0.1, -0.05) is 38.5 Å². The molecule has 0 radical (unpaired) electrons. The number of unbranched alkanes of at least 4 members (excludes halogenated alkanes) is 1. The highest BCUT2D eigenvalue weighted by atomic mass is 16.6. The number of nitrogens with zero attached hydrogens (tertiary/aromatic N) is 1. The molecule has 0 heterocycles. The first-order valence-electron chi connectivity index (χ1n) is 11.5. The third kappa shape index (κ3) is 7.35. The summed E-state index contributed by atoms with van der Waals surface area (Å²) in [5.74, 6) is -1.02. The molecule has 3 amide bonds. The van der Waals surface area contributed by atoms with E-state index < -0.39 is 42.2 Å². The minimum absolute atomic E-state index is 0.111. The fourth-order valence-electron chi connectivity index (χ4n) is 3.61. The standard InChI is InChI=1S/C24H37N3O6/c1-6-7-12-25-21(30)20(16-10-8-9-11-19(16)29)27(18-13-15(18)2)22(31)17(14-28)26-23(32)33-24(3,4)5/h8-11,15,17-18,20,28-29H,6-7,12-14H2,1-5H3,(H,25,30)(H,26,32). The van der Waals surface area contributed by atoms with Crippen molar-refractivity contribution in [2.45, 2.75) is 77.6 Å². The average molecular weight is 464 g/mol. The number of para-hydroxylation sites is 1. The van der Waals surface area contributed by atoms with E-state index in [0.717, 1.165) is 12.8 Å². The van der Waals surface area contributed by atoms with E-state index in [4.69, 9.17) is 4.74 Å². The van der Waals surface area contributed by atoms with Crippen molar-refractivity contribution >= 4 is 17.9 Å². The highest BCUT2D eigenvalue weighted by molar-refractivity contribution is 5.93. The lowest BCUT2D eigenvalue weighted by Gasteiger charge is -2.34. The third-order valence-corrected chi connectivity index (χ3v) is 5.44. The molecule has 1 aromatic rings. The Hall–Kier alpha value is -2.81. The number of aliphatic hydroxyl groups excluding tert-OH is 1. The van der Waals surface area contributed by atoms with Gasteiger partial charge in [0.25, 0.3) is 0 Å². The number of hydrogen-bond donors (Lipinski definition) is 4. The molecule has 4 unspecified atom stereocenters. The van der Waals surface area contributed by atoms with E-state index >= 15 is 0 Å². The number of alkyl carbamates (subject to hydrolysis) is 1. The monoisotopic (exact) mass is 463 g/mol. The van der Waals surface area contributed by atoms with E-state index in [0.29, 0.717) is 13.0 Å². The molecule has 4 atom stereocenters. The Bertz CT molecular complexity index is 838. The van der Waals surface area contributed by atoms with Gasteiger partial charge in [0.15, 0.2) is 0 Å². The molecule has 1 aliphatic rings. The number of aliphatic hydroxyl groups is 1. The van der Waals surface area contributed by atoms with Crippen molar-refractivity contribution in [1.82, 2.24) is 15.5 Å². The quantitative estimate of drug-likeness (QED) is 0.395. The second-order valence-corrected chi connectivity index (χ2v) is 9.51. The first-order valence-corrected chi connectivity index (χ1v) is 11.5. The van der Waals surface area contributed by atoms with E-state index in [2.05, 4.69) is 10.6 Å². The predicted octanol–water partition coefficient (Wildman–Crippen LogP) is 2.47. The van der Waals surface area contributed by atoms with Gasteiger partial charge >= 0.3 is 6.09 Å². The number of nitrogens with one attached hydrogen (secondary N) is 2. The van der Waals surface area contributed by atoms with Crippen LogP contribution in [-0.2, 0) is 14.3 Å². The number of rotatable bonds is 10. The lowest BCUT2D eigenvalue weighted by molar-refractivity contribution is -0.144. The number of carbonyl (C=O) groups excluding carboxylic acids is 3. The molecule has 184 valence electrons. The second kappa shape index (κ2) is 11.4. The summed E-state index contributed by atoms with van der Waals surface area (Å²) in [5.41, 5.74) is -0.497. The van der Waals surface area contributed by atoms with Gasteiger partial charge in [-0.15, -0.1) is 0 Å². The van der Waals surface area contributed by atoms with Crippen LogP contribution in [0.5, 0.6) is 5.75 Å². The zero-order chi connectivity index (χ0) is 24.8. The van der Waals surface area contributed by atoms with E-state index in [9.17, 15) is 24.6 Å². The van der Waals surface area contributed by atoms with Crippen LogP contribution >= 0.6 is 0 Å². The largest absolute Gasteiger partial charge is 0.508 e. The van der Waals surface area contributed by atoms with E-state index in [1.54, 1.807) is 39.0 Å². The van der Waals surface area contributed by atoms with Gasteiger partial charge in [0.1, 0.15) is 23.4 Å². The number of amides is 3. The third-order valence-electron chi connectivity index (χ3n) is 5.44. The minimum Gasteiger partial charge on any atom is -0.508 e. The lowest BCUT2D eigenvalue weighted by Crippen LogP contribution is -2.55. The maximum atomic E-state index is 13.6. The summed E-state index contributed by atoms with van der Waals surface area (Å²) in [6.45, 7) is 8.79. The molecule has 1 aromatic carbocycles. The van der Waals surface area contributed by atoms with Crippen LogP contribution in [0.1, 0.15) is 65.5 Å². The average Bonchev–Trinajstić information content (AvgIpc) is 3.45. The number of carbonyl (C=O) groups is 3. The summed E-state index contributed by atoms with van der Waals surface area (Å²) < 4.78 is 5.22. The molecule has 9 heteroatoms. The molecule has 0 bridgehead atoms. The van der Waals surface area contributed by atoms with Gasteiger partial charge in [-0.25, -0.2) is 4.79 Å². The Kier molecular flexibility index (Phi) is 9.10. The molecular weight excluding hydrogens is 426 g/mol. The maximum absolute atomic E-state index is 13.6. The number of phenolic OH excluding ortho intramolecular Hbond substituents is 1. The zero-order valence-electron chi connectivity index (χ0n) is 20.1. The van der Waals surface area contributed by atoms with Crippen LogP contribution in [0.3, 0.4) is 0 Å². The summed E-state index contributed by atoms with van der Waals surface area (Å²) in [6.07, 6.45) is 1.48. The fraction of sp³-hybridized carbons (Fsp3) is 0.625. The number of hydrogen-bond acceptors (Lipinski definition) is 6. The Morgan fingerprint density at radius 2 is 1.88 bits per heavy atom. The summed E-state index contributed by atoms with van der Waals surface area (Å²) in [7, 11) is 0. The van der Waals surface area contributed by atoms with Crippen molar-refractivity contribution in [1.29, 1.82) is 0 Å². The van der Waals surface area contributed by atoms with Crippen LogP contribution in [-0.4, -0.2) is 63.9 Å². The first kappa shape index (κ1) is 26.4. The van der Waals surface area contributed by atoms with E-state index in [1.807, 2.05) is 13.8 Å². The minimum atomic E-state index is -1.30. The highest BCUT2D eigenvalue weighted by Gasteiger charge is 2.48. The van der Waals surface area contributed by atoms with Crippen LogP contribution in [0, 0.1) is 5.92 Å². The van der Waals surface area contributed by atoms with Gasteiger partial charge in [0.2, 0.25) is 11.8 Å². The van der Waals surface area contributed by atoms with Crippen molar-refractivity contribution in [2.75, 3.05) is 13.2 Å². The Morgan fingerprint density at radius 1 is 1.24 bits per heavy atom. The Balaban J connectivity index is 2.39. The summed E-state index contributed by atoms with van der Waals surface area (Å²) in [4.78, 5) is 40.5. The van der Waals surface area contributed by atoms with Gasteiger partial charge in [0, 0.05) is 18.2 Å². The van der Waals surface area contributed by atoms with Crippen LogP contribution in [0.25, 0.3) is 0 Å². The van der Waals surface area contributed by atoms with Gasteiger partial charge in [-0.3, -0.25) is 9.59 Å². The van der Waals surface area contributed by atoms with Gasteiger partial charge in [-0.2, -0.15) is 0 Å². The molecule has 2 rings (SSSR count). The first-order chi connectivity index (χ1) is 15.5. The van der Waals surface area contributed by atoms with Gasteiger partial charge < -0.3 is 30.5 Å². The van der Waals surface area contributed by atoms with E-state index in [1.165, 1.54) is 11.0 Å². The number of benzene rings is 1. The van der Waals surface area contributed by atoms with E-state index in [-0.39, 0.29) is 23.3 Å². The molecule has 1 fully saturated rings. The molecule has 1 saturated carbocycles. The molecule has 0 spiro atoms. The number of ether oxygens (including phenoxy) is 1. The number of phenols is 1. The second-order valence-electron chi connectivity index (χ2n) is 9.51. The summed E-state index contributed by atoms with van der Waals surface area (Å²) in [6, 6.07) is 3.70. The van der Waals surface area contributed by atoms with Crippen molar-refractivity contribution in [3.63, 3.8) is 0 Å². The molecule has 0 saturated heterocycles. The molecule has 4 N–H and O–H groups in total. The normalized spacial score (nSPS) is 19.2. The lowest BCUT2D eigenvalue weighted by atomic mass is 10.0. The summed E-state index contributed by atoms with van der Waals surface area (Å²) >= 11 is 0. The Morgan fingerprint density at radius 3 is 2.39 bits per heavy atom. The molecule has 0 aromatic heterocycles. The van der Waals surface area contributed by atoms with Crippen molar-refractivity contribution < 1.29 is 29.3 Å². The Labute approximate surface area is 195 Å². The smallest absolute Gasteiger partial charge is 0.408 e. The van der Waals surface area contributed by atoms with Gasteiger partial charge in [0.05, 0.1) is 6.61 Å². The zero-order valence-corrected chi connectivity index (χ0v) is 20.1. The fourth-order valence-corrected chi connectivity index (χ4v) is 3.61. The van der Waals surface area contributed by atoms with Crippen molar-refractivity contribution in [3.8, 4) is 5.75 Å². The van der Waals surface area contributed by atoms with Crippen LogP contribution in [0.2, 0.25) is 0 Å². The molecule has 33 heavy (non-hydrogen) atoms. The van der Waals surface area contributed by atoms with Crippen molar-refractivity contribution in [2.24, 2.45) is 5.92 Å². The highest BCUT2D eigenvalue weighted by Crippen LogP contribution is 2.42.